The van der Waals surface area contributed by atoms with Crippen LogP contribution < -0.4 is 10.4 Å². The average Bonchev–Trinajstić information content (AvgIpc) is 3.09. The van der Waals surface area contributed by atoms with Gasteiger partial charge in [-0.05, 0) is 65.4 Å². The topological polar surface area (TPSA) is 128 Å². The summed E-state index contributed by atoms with van der Waals surface area (Å²) in [4.78, 5) is 28.4. The van der Waals surface area contributed by atoms with Gasteiger partial charge in [-0.2, -0.15) is 0 Å². The number of carbonyl (C=O) groups excluding carboxylic acids is 2. The van der Waals surface area contributed by atoms with Gasteiger partial charge in [-0.3, -0.25) is 14.5 Å². The smallest absolute Gasteiger partial charge is 0.488 e. The summed E-state index contributed by atoms with van der Waals surface area (Å²) in [5.74, 6) is -4.04. The van der Waals surface area contributed by atoms with E-state index in [1.807, 2.05) is 13.8 Å². The fourth-order valence-electron chi connectivity index (χ4n) is 5.92. The van der Waals surface area contributed by atoms with Gasteiger partial charge in [0.15, 0.2) is 11.6 Å². The zero-order valence-corrected chi connectivity index (χ0v) is 19.8. The summed E-state index contributed by atoms with van der Waals surface area (Å²) in [5, 5.41) is 39.7. The molecule has 2 aliphatic heterocycles. The molecule has 0 saturated carbocycles. The van der Waals surface area contributed by atoms with E-state index in [4.69, 9.17) is 4.65 Å². The molecule has 0 spiro atoms. The Kier molecular flexibility index (Phi) is 6.28. The first-order valence-electron chi connectivity index (χ1n) is 12.0. The van der Waals surface area contributed by atoms with Crippen molar-refractivity contribution in [2.75, 3.05) is 4.90 Å². The molecule has 2 fully saturated rings. The van der Waals surface area contributed by atoms with Gasteiger partial charge in [0.05, 0.1) is 23.6 Å². The number of hydrogen-bond acceptors (Lipinski definition) is 7. The number of phenols is 1. The maximum atomic E-state index is 14.1. The van der Waals surface area contributed by atoms with Gasteiger partial charge in [0.2, 0.25) is 11.8 Å². The lowest BCUT2D eigenvalue weighted by Gasteiger charge is -2.43. The summed E-state index contributed by atoms with van der Waals surface area (Å²) in [5.41, 5.74) is 2.29. The van der Waals surface area contributed by atoms with Crippen molar-refractivity contribution in [3.05, 3.63) is 64.9 Å². The predicted octanol–water partition coefficient (Wildman–Crippen LogP) is 1.47. The van der Waals surface area contributed by atoms with Gasteiger partial charge in [-0.25, -0.2) is 4.39 Å². The Labute approximate surface area is 208 Å². The summed E-state index contributed by atoms with van der Waals surface area (Å²) in [6.07, 6.45) is -0.201. The fraction of sp³-hybridized carbons (Fsp3) is 0.360. The molecular formula is C25H26B2FNO7. The number of benzene rings is 2. The number of hydrogen-bond donors (Lipinski definition) is 4. The monoisotopic (exact) mass is 493 g/mol. The molecule has 2 amide bonds. The lowest BCUT2D eigenvalue weighted by molar-refractivity contribution is -0.123. The molecule has 4 N–H and O–H groups in total. The molecule has 186 valence electrons. The molecule has 2 aromatic rings. The normalized spacial score (nSPS) is 26.0. The van der Waals surface area contributed by atoms with Crippen LogP contribution in [-0.2, 0) is 14.2 Å². The first kappa shape index (κ1) is 24.7. The highest BCUT2D eigenvalue weighted by atomic mass is 19.1. The summed E-state index contributed by atoms with van der Waals surface area (Å²) in [6, 6.07) is 9.86. The summed E-state index contributed by atoms with van der Waals surface area (Å²) in [7, 11) is -3.08. The van der Waals surface area contributed by atoms with E-state index >= 15 is 0 Å². The second-order valence-electron chi connectivity index (χ2n) is 9.98. The number of nitrogens with zero attached hydrogens (tertiary/aromatic N) is 1. The molecule has 5 rings (SSSR count). The molecule has 0 bridgehead atoms. The molecule has 1 aliphatic carbocycles. The van der Waals surface area contributed by atoms with Gasteiger partial charge in [0.1, 0.15) is 0 Å². The lowest BCUT2D eigenvalue weighted by Crippen LogP contribution is -2.45. The SMILES string of the molecule is CC(C)C1=C2B(O)O[C@H](c3ccc(O)c(F)c3)C[C@H]2[C@H]2C(=O)N(c3cccc(B(O)O)c3)C(=O)[C@H]2C1. The number of imide groups is 1. The third-order valence-electron chi connectivity index (χ3n) is 7.61. The van der Waals surface area contributed by atoms with E-state index in [1.165, 1.54) is 24.3 Å². The van der Waals surface area contributed by atoms with Crippen molar-refractivity contribution in [3.63, 3.8) is 0 Å². The molecule has 2 aromatic carbocycles. The molecule has 2 saturated heterocycles. The first-order valence-corrected chi connectivity index (χ1v) is 12.0. The van der Waals surface area contributed by atoms with Crippen LogP contribution in [0.15, 0.2) is 53.5 Å². The molecule has 0 radical (unpaired) electrons. The van der Waals surface area contributed by atoms with Crippen molar-refractivity contribution in [2.45, 2.75) is 32.8 Å². The zero-order chi connectivity index (χ0) is 25.9. The van der Waals surface area contributed by atoms with Gasteiger partial charge >= 0.3 is 14.2 Å². The van der Waals surface area contributed by atoms with Crippen molar-refractivity contribution in [2.24, 2.45) is 23.7 Å². The number of allylic oxidation sites excluding steroid dienone is 2. The minimum Gasteiger partial charge on any atom is -0.505 e. The molecule has 4 atom stereocenters. The zero-order valence-electron chi connectivity index (χ0n) is 19.8. The third-order valence-corrected chi connectivity index (χ3v) is 7.61. The van der Waals surface area contributed by atoms with Crippen molar-refractivity contribution in [3.8, 4) is 5.75 Å². The van der Waals surface area contributed by atoms with Crippen LogP contribution in [0.4, 0.5) is 10.1 Å². The van der Waals surface area contributed by atoms with Crippen LogP contribution in [0.2, 0.25) is 0 Å². The maximum Gasteiger partial charge on any atom is 0.488 e. The van der Waals surface area contributed by atoms with Crippen LogP contribution >= 0.6 is 0 Å². The Bertz CT molecular complexity index is 1270. The largest absolute Gasteiger partial charge is 0.505 e. The summed E-state index contributed by atoms with van der Waals surface area (Å²) < 4.78 is 19.9. The molecule has 11 heteroatoms. The van der Waals surface area contributed by atoms with Crippen LogP contribution in [-0.4, -0.2) is 46.2 Å². The fourth-order valence-corrected chi connectivity index (χ4v) is 5.92. The molecule has 0 aromatic heterocycles. The number of amides is 2. The van der Waals surface area contributed by atoms with E-state index in [0.717, 1.165) is 16.5 Å². The van der Waals surface area contributed by atoms with Crippen molar-refractivity contribution in [1.82, 2.24) is 0 Å². The number of anilines is 1. The van der Waals surface area contributed by atoms with Crippen molar-refractivity contribution < 1.29 is 38.8 Å². The van der Waals surface area contributed by atoms with E-state index in [0.29, 0.717) is 17.5 Å². The van der Waals surface area contributed by atoms with Crippen LogP contribution in [0.25, 0.3) is 0 Å². The van der Waals surface area contributed by atoms with E-state index in [9.17, 15) is 34.2 Å². The number of carbonyl (C=O) groups is 2. The van der Waals surface area contributed by atoms with Gasteiger partial charge < -0.3 is 24.8 Å². The van der Waals surface area contributed by atoms with E-state index in [-0.39, 0.29) is 29.4 Å². The van der Waals surface area contributed by atoms with E-state index in [1.54, 1.807) is 12.1 Å². The minimum absolute atomic E-state index is 0.00539. The quantitative estimate of drug-likeness (QED) is 0.376. The van der Waals surface area contributed by atoms with Gasteiger partial charge in [-0.1, -0.05) is 37.6 Å². The van der Waals surface area contributed by atoms with E-state index < -0.39 is 55.6 Å². The Morgan fingerprint density at radius 1 is 1.11 bits per heavy atom. The van der Waals surface area contributed by atoms with Crippen LogP contribution in [0.1, 0.15) is 38.4 Å². The second kappa shape index (κ2) is 9.15. The highest BCUT2D eigenvalue weighted by Crippen LogP contribution is 2.53. The number of phenolic OH excluding ortho intramolecular Hbond substituents is 1. The number of rotatable bonds is 4. The number of aromatic hydroxyl groups is 1. The molecule has 3 aliphatic rings. The van der Waals surface area contributed by atoms with Gasteiger partial charge in [-0.15, -0.1) is 0 Å². The summed E-state index contributed by atoms with van der Waals surface area (Å²) >= 11 is 0. The Hall–Kier alpha value is -2.98. The van der Waals surface area contributed by atoms with Crippen LogP contribution in [0.5, 0.6) is 5.75 Å². The number of halogens is 1. The van der Waals surface area contributed by atoms with Crippen LogP contribution in [0, 0.1) is 29.5 Å². The highest BCUT2D eigenvalue weighted by Gasteiger charge is 2.58. The van der Waals surface area contributed by atoms with Crippen LogP contribution in [0.3, 0.4) is 0 Å². The Morgan fingerprint density at radius 3 is 2.53 bits per heavy atom. The van der Waals surface area contributed by atoms with Gasteiger partial charge in [0.25, 0.3) is 0 Å². The molecular weight excluding hydrogens is 467 g/mol. The van der Waals surface area contributed by atoms with Gasteiger partial charge in [0, 0.05) is 0 Å². The number of fused-ring (bicyclic) bond motifs is 3. The Morgan fingerprint density at radius 2 is 1.86 bits per heavy atom. The highest BCUT2D eigenvalue weighted by molar-refractivity contribution is 6.58. The molecule has 2 heterocycles. The minimum atomic E-state index is -1.75. The standard InChI is InChI=1S/C25H26B2FNO7/c1-12(2)16-10-18-22(25(32)29(24(18)31)15-5-3-4-14(9-15)26(33)34)17-11-21(36-27(35)23(16)17)13-6-7-20(30)19(28)8-13/h3-9,12,17-18,21-22,30,33-35H,10-11H2,1-2H3/t17-,18-,21-,22+/m0/s1. The molecule has 8 nitrogen and oxygen atoms in total. The second-order valence-corrected chi connectivity index (χ2v) is 9.98. The van der Waals surface area contributed by atoms with Crippen molar-refractivity contribution >= 4 is 37.2 Å². The van der Waals surface area contributed by atoms with Crippen molar-refractivity contribution in [1.29, 1.82) is 0 Å². The molecule has 36 heavy (non-hydrogen) atoms. The third kappa shape index (κ3) is 3.96. The first-order chi connectivity index (χ1) is 17.1. The lowest BCUT2D eigenvalue weighted by atomic mass is 9.54. The van der Waals surface area contributed by atoms with E-state index in [2.05, 4.69) is 0 Å². The summed E-state index contributed by atoms with van der Waals surface area (Å²) in [6.45, 7) is 3.91. The Balaban J connectivity index is 1.55. The average molecular weight is 493 g/mol. The predicted molar refractivity (Wildman–Crippen MR) is 130 cm³/mol. The molecule has 0 unspecified atom stereocenters. The maximum absolute atomic E-state index is 14.1.